The van der Waals surface area contributed by atoms with Crippen molar-refractivity contribution >= 4 is 29.1 Å². The normalized spacial score (nSPS) is 20.0. The number of benzene rings is 2. The van der Waals surface area contributed by atoms with Crippen molar-refractivity contribution in [3.05, 3.63) is 65.7 Å². The van der Waals surface area contributed by atoms with Crippen LogP contribution in [-0.4, -0.2) is 46.7 Å². The zero-order valence-corrected chi connectivity index (χ0v) is 17.5. The van der Waals surface area contributed by atoms with Crippen LogP contribution in [0.15, 0.2) is 54.6 Å². The van der Waals surface area contributed by atoms with E-state index < -0.39 is 11.7 Å². The number of para-hydroxylation sites is 1. The first-order valence-electron chi connectivity index (χ1n) is 10.1. The van der Waals surface area contributed by atoms with Crippen LogP contribution in [-0.2, 0) is 10.9 Å². The summed E-state index contributed by atoms with van der Waals surface area (Å²) in [6.45, 7) is 1.59. The lowest BCUT2D eigenvalue weighted by atomic mass is 10.0. The minimum absolute atomic E-state index is 0.0164. The maximum atomic E-state index is 13.2. The summed E-state index contributed by atoms with van der Waals surface area (Å²) in [5.41, 5.74) is 0.152. The molecule has 1 N–H and O–H groups in total. The lowest BCUT2D eigenvalue weighted by molar-refractivity contribution is -0.136. The number of anilines is 1. The molecule has 0 saturated carbocycles. The number of rotatable bonds is 3. The van der Waals surface area contributed by atoms with Crippen LogP contribution in [0.25, 0.3) is 0 Å². The number of likely N-dealkylation sites (tertiary alicyclic amines) is 1. The fourth-order valence-electron chi connectivity index (χ4n) is 4.03. The molecule has 4 rings (SSSR count). The zero-order valence-electron chi connectivity index (χ0n) is 16.6. The molecule has 0 aromatic heterocycles. The van der Waals surface area contributed by atoms with E-state index in [2.05, 4.69) is 5.32 Å². The molecule has 0 aliphatic carbocycles. The van der Waals surface area contributed by atoms with Crippen LogP contribution in [0.5, 0.6) is 0 Å². The third-order valence-electron chi connectivity index (χ3n) is 5.68. The molecule has 0 spiro atoms. The van der Waals surface area contributed by atoms with Gasteiger partial charge in [-0.15, -0.1) is 0 Å². The number of cyclic esters (lactones) is 1. The van der Waals surface area contributed by atoms with E-state index in [1.165, 1.54) is 18.2 Å². The summed E-state index contributed by atoms with van der Waals surface area (Å²) in [5.74, 6) is 0. The Bertz CT molecular complexity index is 947. The van der Waals surface area contributed by atoms with Crippen LogP contribution in [0.2, 0.25) is 0 Å². The molecule has 2 aliphatic rings. The number of ether oxygens (including phenoxy) is 1. The SMILES string of the molecule is O=C1OC(c2ccccc2)CN1C1CCN(C(=S)Nc2ccccc2C(F)(F)F)CC1. The van der Waals surface area contributed by atoms with E-state index in [0.29, 0.717) is 32.5 Å². The molecule has 2 aromatic rings. The van der Waals surface area contributed by atoms with Crippen LogP contribution in [0.3, 0.4) is 0 Å². The average Bonchev–Trinajstić information content (AvgIpc) is 3.16. The van der Waals surface area contributed by atoms with Crippen LogP contribution < -0.4 is 5.32 Å². The monoisotopic (exact) mass is 449 g/mol. The Kier molecular flexibility index (Phi) is 6.04. The molecule has 0 radical (unpaired) electrons. The highest BCUT2D eigenvalue weighted by Gasteiger charge is 2.38. The Morgan fingerprint density at radius 1 is 1.03 bits per heavy atom. The summed E-state index contributed by atoms with van der Waals surface area (Å²) >= 11 is 5.36. The number of alkyl halides is 3. The van der Waals surface area contributed by atoms with E-state index in [-0.39, 0.29) is 29.0 Å². The minimum atomic E-state index is -4.46. The van der Waals surface area contributed by atoms with E-state index in [4.69, 9.17) is 17.0 Å². The molecule has 5 nitrogen and oxygen atoms in total. The van der Waals surface area contributed by atoms with Gasteiger partial charge in [-0.3, -0.25) is 0 Å². The van der Waals surface area contributed by atoms with Gasteiger partial charge in [-0.2, -0.15) is 13.2 Å². The van der Waals surface area contributed by atoms with Gasteiger partial charge in [-0.05, 0) is 42.8 Å². The second-order valence-electron chi connectivity index (χ2n) is 7.63. The first kappa shape index (κ1) is 21.4. The molecule has 1 unspecified atom stereocenters. The van der Waals surface area contributed by atoms with Crippen molar-refractivity contribution in [3.8, 4) is 0 Å². The molecule has 2 heterocycles. The molecule has 9 heteroatoms. The molecule has 31 heavy (non-hydrogen) atoms. The van der Waals surface area contributed by atoms with Crippen LogP contribution in [0.1, 0.15) is 30.1 Å². The van der Waals surface area contributed by atoms with Gasteiger partial charge in [0.15, 0.2) is 5.11 Å². The number of piperidine rings is 1. The van der Waals surface area contributed by atoms with Gasteiger partial charge in [0.1, 0.15) is 6.10 Å². The predicted molar refractivity (Wildman–Crippen MR) is 115 cm³/mol. The molecule has 2 fully saturated rings. The summed E-state index contributed by atoms with van der Waals surface area (Å²) in [6, 6.07) is 14.9. The van der Waals surface area contributed by atoms with Gasteiger partial charge in [0, 0.05) is 19.1 Å². The van der Waals surface area contributed by atoms with Crippen molar-refractivity contribution in [1.29, 1.82) is 0 Å². The molecule has 2 aliphatic heterocycles. The minimum Gasteiger partial charge on any atom is -0.439 e. The Balaban J connectivity index is 1.34. The lowest BCUT2D eigenvalue weighted by Crippen LogP contribution is -2.48. The summed E-state index contributed by atoms with van der Waals surface area (Å²) in [5, 5.41) is 2.99. The standard InChI is InChI=1S/C22H22F3N3O2S/c23-22(24,25)17-8-4-5-9-18(17)26-20(31)27-12-10-16(11-13-27)28-14-19(30-21(28)29)15-6-2-1-3-7-15/h1-9,16,19H,10-14H2,(H,26,31). The number of hydrogen-bond acceptors (Lipinski definition) is 3. The van der Waals surface area contributed by atoms with Gasteiger partial charge in [0.2, 0.25) is 0 Å². The summed E-state index contributed by atoms with van der Waals surface area (Å²) < 4.78 is 45.2. The van der Waals surface area contributed by atoms with E-state index in [1.54, 1.807) is 4.90 Å². The lowest BCUT2D eigenvalue weighted by Gasteiger charge is -2.37. The van der Waals surface area contributed by atoms with E-state index >= 15 is 0 Å². The highest BCUT2D eigenvalue weighted by atomic mass is 32.1. The highest BCUT2D eigenvalue weighted by molar-refractivity contribution is 7.80. The second-order valence-corrected chi connectivity index (χ2v) is 8.01. The topological polar surface area (TPSA) is 44.8 Å². The maximum Gasteiger partial charge on any atom is 0.418 e. The first-order chi connectivity index (χ1) is 14.8. The molecule has 2 saturated heterocycles. The highest BCUT2D eigenvalue weighted by Crippen LogP contribution is 2.35. The van der Waals surface area contributed by atoms with Gasteiger partial charge < -0.3 is 19.9 Å². The number of nitrogens with one attached hydrogen (secondary N) is 1. The molecule has 2 aromatic carbocycles. The summed E-state index contributed by atoms with van der Waals surface area (Å²) in [6.07, 6.45) is -3.74. The fraction of sp³-hybridized carbons (Fsp3) is 0.364. The predicted octanol–water partition coefficient (Wildman–Crippen LogP) is 5.06. The number of carbonyl (C=O) groups is 1. The molecule has 1 amide bonds. The number of halogens is 3. The Labute approximate surface area is 183 Å². The molecule has 1 atom stereocenters. The first-order valence-corrected chi connectivity index (χ1v) is 10.5. The second kappa shape index (κ2) is 8.74. The van der Waals surface area contributed by atoms with Gasteiger partial charge in [0.25, 0.3) is 0 Å². The average molecular weight is 449 g/mol. The number of nitrogens with zero attached hydrogens (tertiary/aromatic N) is 2. The van der Waals surface area contributed by atoms with Crippen molar-refractivity contribution < 1.29 is 22.7 Å². The van der Waals surface area contributed by atoms with Crippen LogP contribution in [0, 0.1) is 0 Å². The fourth-order valence-corrected chi connectivity index (χ4v) is 4.33. The molecule has 0 bridgehead atoms. The van der Waals surface area contributed by atoms with Gasteiger partial charge in [-0.1, -0.05) is 42.5 Å². The third-order valence-corrected chi connectivity index (χ3v) is 6.04. The molecule has 164 valence electrons. The largest absolute Gasteiger partial charge is 0.439 e. The third kappa shape index (κ3) is 4.76. The van der Waals surface area contributed by atoms with E-state index in [9.17, 15) is 18.0 Å². The van der Waals surface area contributed by atoms with Gasteiger partial charge in [0.05, 0.1) is 17.8 Å². The van der Waals surface area contributed by atoms with E-state index in [0.717, 1.165) is 11.6 Å². The summed E-state index contributed by atoms with van der Waals surface area (Å²) in [7, 11) is 0. The van der Waals surface area contributed by atoms with Gasteiger partial charge in [-0.25, -0.2) is 4.79 Å². The number of carbonyl (C=O) groups excluding carboxylic acids is 1. The zero-order chi connectivity index (χ0) is 22.0. The Hall–Kier alpha value is -2.81. The smallest absolute Gasteiger partial charge is 0.418 e. The Morgan fingerprint density at radius 3 is 2.35 bits per heavy atom. The quantitative estimate of drug-likeness (QED) is 0.664. The van der Waals surface area contributed by atoms with Crippen molar-refractivity contribution in [2.24, 2.45) is 0 Å². The van der Waals surface area contributed by atoms with Crippen molar-refractivity contribution in [3.63, 3.8) is 0 Å². The summed E-state index contributed by atoms with van der Waals surface area (Å²) in [4.78, 5) is 16.0. The van der Waals surface area contributed by atoms with Crippen molar-refractivity contribution in [1.82, 2.24) is 9.80 Å². The van der Waals surface area contributed by atoms with E-state index in [1.807, 2.05) is 35.2 Å². The van der Waals surface area contributed by atoms with Crippen LogP contribution in [0.4, 0.5) is 23.7 Å². The van der Waals surface area contributed by atoms with Crippen molar-refractivity contribution in [2.45, 2.75) is 31.2 Å². The molecular formula is C22H22F3N3O2S. The van der Waals surface area contributed by atoms with Gasteiger partial charge >= 0.3 is 12.3 Å². The Morgan fingerprint density at radius 2 is 1.68 bits per heavy atom. The molecular weight excluding hydrogens is 427 g/mol. The maximum absolute atomic E-state index is 13.2. The number of hydrogen-bond donors (Lipinski definition) is 1. The van der Waals surface area contributed by atoms with Crippen LogP contribution >= 0.6 is 12.2 Å². The number of thiocarbonyl (C=S) groups is 1. The van der Waals surface area contributed by atoms with Crippen molar-refractivity contribution in [2.75, 3.05) is 25.0 Å². The number of amides is 1.